The van der Waals surface area contributed by atoms with E-state index in [2.05, 4.69) is 70.3 Å². The highest BCUT2D eigenvalue weighted by Crippen LogP contribution is 2.50. The molecule has 1 aromatic rings. The molecule has 3 rings (SSSR count). The molecule has 2 aliphatic carbocycles. The third kappa shape index (κ3) is 4.17. The Labute approximate surface area is 180 Å². The molecule has 1 unspecified atom stereocenters. The van der Waals surface area contributed by atoms with Crippen LogP contribution in [0.3, 0.4) is 0 Å². The van der Waals surface area contributed by atoms with Crippen LogP contribution >= 0.6 is 22.6 Å². The molecule has 0 aromatic carbocycles. The summed E-state index contributed by atoms with van der Waals surface area (Å²) in [6.07, 6.45) is 5.82. The minimum atomic E-state index is -1.90. The van der Waals surface area contributed by atoms with Crippen molar-refractivity contribution >= 4 is 30.9 Å². The van der Waals surface area contributed by atoms with Crippen LogP contribution in [0.4, 0.5) is 0 Å². The van der Waals surface area contributed by atoms with Gasteiger partial charge in [-0.25, -0.2) is 0 Å². The average molecular weight is 502 g/mol. The zero-order valence-electron chi connectivity index (χ0n) is 18.1. The fourth-order valence-electron chi connectivity index (χ4n) is 4.07. The van der Waals surface area contributed by atoms with Gasteiger partial charge >= 0.3 is 0 Å². The molecule has 0 spiro atoms. The van der Waals surface area contributed by atoms with Crippen LogP contribution in [-0.2, 0) is 17.5 Å². The summed E-state index contributed by atoms with van der Waals surface area (Å²) in [6, 6.07) is 0. The predicted molar refractivity (Wildman–Crippen MR) is 123 cm³/mol. The molecule has 1 atom stereocenters. The van der Waals surface area contributed by atoms with Gasteiger partial charge in [0.1, 0.15) is 0 Å². The van der Waals surface area contributed by atoms with Crippen molar-refractivity contribution in [3.05, 3.63) is 26.1 Å². The Hall–Kier alpha value is 0.0169. The Morgan fingerprint density at radius 2 is 1.89 bits per heavy atom. The van der Waals surface area contributed by atoms with Gasteiger partial charge in [0.2, 0.25) is 0 Å². The molecule has 3 nitrogen and oxygen atoms in total. The number of aromatic nitrogens is 1. The number of aliphatic hydroxyl groups is 1. The molecule has 1 fully saturated rings. The Balaban J connectivity index is 2.09. The number of halogens is 1. The molecule has 0 amide bonds. The van der Waals surface area contributed by atoms with Crippen molar-refractivity contribution in [3.8, 4) is 0 Å². The molecular formula is C22H36INO2Si. The number of rotatable bonds is 4. The van der Waals surface area contributed by atoms with Crippen molar-refractivity contribution in [2.75, 3.05) is 0 Å². The lowest BCUT2D eigenvalue weighted by atomic mass is 9.73. The largest absolute Gasteiger partial charge is 0.410 e. The van der Waals surface area contributed by atoms with Crippen molar-refractivity contribution in [1.29, 1.82) is 0 Å². The maximum absolute atomic E-state index is 10.1. The minimum Gasteiger partial charge on any atom is -0.410 e. The smallest absolute Gasteiger partial charge is 0.192 e. The number of aliphatic hydroxyl groups excluding tert-OH is 1. The first-order valence-electron chi connectivity index (χ1n) is 10.4. The van der Waals surface area contributed by atoms with Gasteiger partial charge in [-0.05, 0) is 71.8 Å². The van der Waals surface area contributed by atoms with Crippen LogP contribution in [-0.4, -0.2) is 18.4 Å². The summed E-state index contributed by atoms with van der Waals surface area (Å²) in [5.41, 5.74) is 4.90. The number of pyridine rings is 1. The first-order valence-corrected chi connectivity index (χ1v) is 14.3. The van der Waals surface area contributed by atoms with Gasteiger partial charge in [0.05, 0.1) is 18.4 Å². The van der Waals surface area contributed by atoms with Crippen LogP contribution in [0.1, 0.15) is 94.8 Å². The molecular weight excluding hydrogens is 465 g/mol. The van der Waals surface area contributed by atoms with Crippen LogP contribution in [0.15, 0.2) is 0 Å². The Morgan fingerprint density at radius 3 is 2.37 bits per heavy atom. The van der Waals surface area contributed by atoms with E-state index in [4.69, 9.17) is 9.41 Å². The van der Waals surface area contributed by atoms with Crippen molar-refractivity contribution < 1.29 is 9.53 Å². The predicted octanol–water partition coefficient (Wildman–Crippen LogP) is 6.48. The number of hydrogen-bond donors (Lipinski definition) is 1. The van der Waals surface area contributed by atoms with Crippen molar-refractivity contribution in [2.45, 2.75) is 103 Å². The summed E-state index contributed by atoms with van der Waals surface area (Å²) in [7, 11) is -1.90. The fraction of sp³-hybridized carbons (Fsp3) is 0.773. The topological polar surface area (TPSA) is 42.4 Å². The molecule has 0 radical (unpaired) electrons. The van der Waals surface area contributed by atoms with Crippen LogP contribution in [0.25, 0.3) is 0 Å². The molecule has 0 saturated heterocycles. The van der Waals surface area contributed by atoms with Crippen LogP contribution < -0.4 is 0 Å². The normalized spacial score (nSPS) is 23.1. The van der Waals surface area contributed by atoms with Gasteiger partial charge in [-0.15, -0.1) is 0 Å². The SMILES string of the molecule is CC1(C)Cc2nc(C3CCC3)c(CO)c(I)c2C(O[Si](C)(C)C(C)(C)C)C1. The minimum absolute atomic E-state index is 0.0839. The first kappa shape index (κ1) is 21.7. The van der Waals surface area contributed by atoms with Gasteiger partial charge in [-0.1, -0.05) is 41.0 Å². The first-order chi connectivity index (χ1) is 12.4. The standard InChI is InChI=1S/C22H36INO2Si/c1-21(2,3)27(6,7)26-17-12-22(4,5)11-16-18(17)19(23)15(13-25)20(24-16)14-9-8-10-14/h14,17,25H,8-13H2,1-7H3. The molecule has 2 aliphatic rings. The highest BCUT2D eigenvalue weighted by molar-refractivity contribution is 14.1. The lowest BCUT2D eigenvalue weighted by Crippen LogP contribution is -2.44. The quantitative estimate of drug-likeness (QED) is 0.379. The van der Waals surface area contributed by atoms with Crippen LogP contribution in [0, 0.1) is 8.99 Å². The second-order valence-corrected chi connectivity index (χ2v) is 16.7. The van der Waals surface area contributed by atoms with E-state index in [-0.39, 0.29) is 23.2 Å². The summed E-state index contributed by atoms with van der Waals surface area (Å²) in [4.78, 5) is 5.18. The zero-order valence-corrected chi connectivity index (χ0v) is 21.2. The van der Waals surface area contributed by atoms with E-state index in [1.807, 2.05) is 0 Å². The second kappa shape index (κ2) is 7.37. The fourth-order valence-corrected chi connectivity index (χ4v) is 6.44. The number of nitrogens with zero attached hydrogens (tertiary/aromatic N) is 1. The van der Waals surface area contributed by atoms with E-state index >= 15 is 0 Å². The van der Waals surface area contributed by atoms with E-state index < -0.39 is 8.32 Å². The lowest BCUT2D eigenvalue weighted by Gasteiger charge is -2.45. The summed E-state index contributed by atoms with van der Waals surface area (Å²) in [5, 5.41) is 10.3. The Morgan fingerprint density at radius 1 is 1.26 bits per heavy atom. The summed E-state index contributed by atoms with van der Waals surface area (Å²) >= 11 is 2.46. The number of fused-ring (bicyclic) bond motifs is 1. The third-order valence-corrected chi connectivity index (χ3v) is 12.7. The molecule has 1 saturated carbocycles. The summed E-state index contributed by atoms with van der Waals surface area (Å²) < 4.78 is 8.15. The Kier molecular flexibility index (Phi) is 5.93. The molecule has 5 heteroatoms. The van der Waals surface area contributed by atoms with Crippen molar-refractivity contribution in [3.63, 3.8) is 0 Å². The van der Waals surface area contributed by atoms with Gasteiger partial charge in [0.15, 0.2) is 8.32 Å². The number of hydrogen-bond acceptors (Lipinski definition) is 3. The molecule has 1 heterocycles. The second-order valence-electron chi connectivity index (χ2n) is 10.8. The van der Waals surface area contributed by atoms with E-state index in [0.717, 1.165) is 24.1 Å². The van der Waals surface area contributed by atoms with Gasteiger partial charge in [-0.3, -0.25) is 4.98 Å². The third-order valence-electron chi connectivity index (χ3n) is 6.98. The summed E-state index contributed by atoms with van der Waals surface area (Å²) in [5.74, 6) is 0.538. The van der Waals surface area contributed by atoms with Gasteiger partial charge in [-0.2, -0.15) is 0 Å². The van der Waals surface area contributed by atoms with Gasteiger partial charge in [0, 0.05) is 26.3 Å². The maximum Gasteiger partial charge on any atom is 0.192 e. The monoisotopic (exact) mass is 501 g/mol. The maximum atomic E-state index is 10.1. The van der Waals surface area contributed by atoms with Crippen LogP contribution in [0.2, 0.25) is 18.1 Å². The van der Waals surface area contributed by atoms with Crippen LogP contribution in [0.5, 0.6) is 0 Å². The molecule has 152 valence electrons. The highest BCUT2D eigenvalue weighted by atomic mass is 127. The molecule has 0 bridgehead atoms. The molecule has 27 heavy (non-hydrogen) atoms. The van der Waals surface area contributed by atoms with Crippen molar-refractivity contribution in [2.24, 2.45) is 5.41 Å². The lowest BCUT2D eigenvalue weighted by molar-refractivity contribution is 0.104. The molecule has 1 aromatic heterocycles. The average Bonchev–Trinajstić information content (AvgIpc) is 2.42. The van der Waals surface area contributed by atoms with E-state index in [1.54, 1.807) is 0 Å². The van der Waals surface area contributed by atoms with E-state index in [0.29, 0.717) is 5.92 Å². The van der Waals surface area contributed by atoms with E-state index in [1.165, 1.54) is 34.1 Å². The van der Waals surface area contributed by atoms with Gasteiger partial charge < -0.3 is 9.53 Å². The molecule has 1 N–H and O–H groups in total. The zero-order chi connectivity index (χ0) is 20.2. The summed E-state index contributed by atoms with van der Waals surface area (Å²) in [6.45, 7) is 16.3. The van der Waals surface area contributed by atoms with Gasteiger partial charge in [0.25, 0.3) is 0 Å². The molecule has 0 aliphatic heterocycles. The highest BCUT2D eigenvalue weighted by Gasteiger charge is 2.44. The van der Waals surface area contributed by atoms with Crippen molar-refractivity contribution in [1.82, 2.24) is 4.98 Å². The Bertz CT molecular complexity index is 720. The van der Waals surface area contributed by atoms with E-state index in [9.17, 15) is 5.11 Å².